The molecule has 2 N–H and O–H groups in total. The van der Waals surface area contributed by atoms with E-state index in [2.05, 4.69) is 5.32 Å². The van der Waals surface area contributed by atoms with E-state index in [0.29, 0.717) is 22.2 Å². The number of carbonyl (C=O) groups excluding carboxylic acids is 2. The largest absolute Gasteiger partial charge is 0.508 e. The highest BCUT2D eigenvalue weighted by atomic mass is 35.5. The molecule has 0 radical (unpaired) electrons. The molecule has 0 aliphatic heterocycles. The fourth-order valence-corrected chi connectivity index (χ4v) is 2.61. The normalized spacial score (nSPS) is 10.6. The molecule has 144 valence electrons. The number of anilines is 1. The number of halogens is 1. The third-order valence-corrected chi connectivity index (χ3v) is 3.97. The number of nitrogens with one attached hydrogen (secondary N) is 1. The molecule has 2 rings (SSSR count). The summed E-state index contributed by atoms with van der Waals surface area (Å²) < 4.78 is 10.5. The summed E-state index contributed by atoms with van der Waals surface area (Å²) in [6.07, 6.45) is -0.366. The van der Waals surface area contributed by atoms with Crippen molar-refractivity contribution in [3.63, 3.8) is 0 Å². The molecule has 0 fully saturated rings. The Kier molecular flexibility index (Phi) is 7.07. The molecule has 0 saturated heterocycles. The fourth-order valence-electron chi connectivity index (χ4n) is 2.40. The molecule has 27 heavy (non-hydrogen) atoms. The van der Waals surface area contributed by atoms with Gasteiger partial charge in [-0.05, 0) is 49.2 Å². The first-order valence-corrected chi connectivity index (χ1v) is 8.93. The summed E-state index contributed by atoms with van der Waals surface area (Å²) >= 11 is 6.23. The van der Waals surface area contributed by atoms with Gasteiger partial charge in [-0.2, -0.15) is 0 Å². The van der Waals surface area contributed by atoms with E-state index in [-0.39, 0.29) is 24.7 Å². The number of esters is 1. The van der Waals surface area contributed by atoms with Gasteiger partial charge in [0.2, 0.25) is 5.91 Å². The van der Waals surface area contributed by atoms with Gasteiger partial charge in [0.05, 0.1) is 11.6 Å². The molecule has 0 atom stereocenters. The maximum atomic E-state index is 11.8. The Balaban J connectivity index is 2.07. The van der Waals surface area contributed by atoms with Gasteiger partial charge in [-0.25, -0.2) is 0 Å². The molecule has 1 amide bonds. The van der Waals surface area contributed by atoms with E-state index in [1.807, 2.05) is 13.8 Å². The molecule has 0 spiro atoms. The highest BCUT2D eigenvalue weighted by molar-refractivity contribution is 6.32. The topological polar surface area (TPSA) is 84.9 Å². The number of ether oxygens (including phenoxy) is 2. The predicted octanol–water partition coefficient (Wildman–Crippen LogP) is 4.85. The lowest BCUT2D eigenvalue weighted by molar-refractivity contribution is -0.145. The lowest BCUT2D eigenvalue weighted by Gasteiger charge is -2.13. The second kappa shape index (κ2) is 9.28. The SMILES string of the molecule is CCOC(=O)CC(=O)Nc1ccc(Oc2ccc(O)c(C(C)C)c2)c(Cl)c1. The van der Waals surface area contributed by atoms with Crippen molar-refractivity contribution in [3.05, 3.63) is 47.0 Å². The molecule has 0 aliphatic carbocycles. The molecule has 0 heterocycles. The van der Waals surface area contributed by atoms with E-state index in [1.54, 1.807) is 37.3 Å². The highest BCUT2D eigenvalue weighted by Crippen LogP contribution is 2.35. The Morgan fingerprint density at radius 1 is 1.19 bits per heavy atom. The first-order valence-electron chi connectivity index (χ1n) is 8.56. The minimum atomic E-state index is -0.589. The van der Waals surface area contributed by atoms with Crippen molar-refractivity contribution in [2.45, 2.75) is 33.1 Å². The van der Waals surface area contributed by atoms with Crippen LogP contribution in [0.2, 0.25) is 5.02 Å². The number of aromatic hydroxyl groups is 1. The van der Waals surface area contributed by atoms with Crippen molar-refractivity contribution < 1.29 is 24.2 Å². The van der Waals surface area contributed by atoms with Crippen molar-refractivity contribution >= 4 is 29.2 Å². The minimum absolute atomic E-state index is 0.140. The Labute approximate surface area is 163 Å². The van der Waals surface area contributed by atoms with Crippen LogP contribution in [0.3, 0.4) is 0 Å². The standard InChI is InChI=1S/C20H22ClNO5/c1-4-26-20(25)11-19(24)22-13-5-8-18(16(21)9-13)27-14-6-7-17(23)15(10-14)12(2)3/h5-10,12,23H,4,11H2,1-3H3,(H,22,24). The summed E-state index contributed by atoms with van der Waals surface area (Å²) in [5, 5.41) is 12.8. The predicted molar refractivity (Wildman–Crippen MR) is 104 cm³/mol. The maximum Gasteiger partial charge on any atom is 0.315 e. The second-order valence-corrected chi connectivity index (χ2v) is 6.56. The Morgan fingerprint density at radius 2 is 1.93 bits per heavy atom. The second-order valence-electron chi connectivity index (χ2n) is 6.15. The van der Waals surface area contributed by atoms with Crippen molar-refractivity contribution in [2.24, 2.45) is 0 Å². The van der Waals surface area contributed by atoms with Crippen LogP contribution in [0.15, 0.2) is 36.4 Å². The van der Waals surface area contributed by atoms with Gasteiger partial charge in [0.25, 0.3) is 0 Å². The smallest absolute Gasteiger partial charge is 0.315 e. The summed E-state index contributed by atoms with van der Waals surface area (Å²) in [6, 6.07) is 9.74. The first kappa shape index (κ1) is 20.6. The van der Waals surface area contributed by atoms with Crippen molar-refractivity contribution in [1.82, 2.24) is 0 Å². The summed E-state index contributed by atoms with van der Waals surface area (Å²) in [7, 11) is 0. The van der Waals surface area contributed by atoms with Gasteiger partial charge in [-0.3, -0.25) is 9.59 Å². The van der Waals surface area contributed by atoms with Gasteiger partial charge in [-0.1, -0.05) is 25.4 Å². The molecule has 6 nitrogen and oxygen atoms in total. The first-order chi connectivity index (χ1) is 12.8. The Bertz CT molecular complexity index is 835. The van der Waals surface area contributed by atoms with Gasteiger partial charge < -0.3 is 19.9 Å². The van der Waals surface area contributed by atoms with Crippen LogP contribution in [0, 0.1) is 0 Å². The summed E-state index contributed by atoms with van der Waals surface area (Å²) in [5.74, 6) is 0.217. The maximum absolute atomic E-state index is 11.8. The summed E-state index contributed by atoms with van der Waals surface area (Å²) in [4.78, 5) is 23.1. The van der Waals surface area contributed by atoms with Crippen molar-refractivity contribution in [1.29, 1.82) is 0 Å². The number of amides is 1. The quantitative estimate of drug-likeness (QED) is 0.520. The van der Waals surface area contributed by atoms with E-state index >= 15 is 0 Å². The van der Waals surface area contributed by atoms with Crippen LogP contribution in [0.25, 0.3) is 0 Å². The van der Waals surface area contributed by atoms with Crippen LogP contribution < -0.4 is 10.1 Å². The molecule has 2 aromatic carbocycles. The van der Waals surface area contributed by atoms with Gasteiger partial charge in [0.1, 0.15) is 23.7 Å². The lowest BCUT2D eigenvalue weighted by Crippen LogP contribution is -2.18. The van der Waals surface area contributed by atoms with E-state index < -0.39 is 11.9 Å². The highest BCUT2D eigenvalue weighted by Gasteiger charge is 2.13. The van der Waals surface area contributed by atoms with E-state index in [0.717, 1.165) is 5.56 Å². The number of phenols is 1. The van der Waals surface area contributed by atoms with Gasteiger partial charge in [0, 0.05) is 11.3 Å². The van der Waals surface area contributed by atoms with Crippen LogP contribution >= 0.6 is 11.6 Å². The fraction of sp³-hybridized carbons (Fsp3) is 0.300. The molecule has 0 bridgehead atoms. The number of rotatable bonds is 7. The van der Waals surface area contributed by atoms with Crippen LogP contribution in [0.5, 0.6) is 17.2 Å². The zero-order valence-electron chi connectivity index (χ0n) is 15.4. The van der Waals surface area contributed by atoms with Crippen molar-refractivity contribution in [3.8, 4) is 17.2 Å². The van der Waals surface area contributed by atoms with E-state index in [1.165, 1.54) is 6.07 Å². The monoisotopic (exact) mass is 391 g/mol. The molecular weight excluding hydrogens is 370 g/mol. The zero-order valence-corrected chi connectivity index (χ0v) is 16.2. The third-order valence-electron chi connectivity index (χ3n) is 3.67. The van der Waals surface area contributed by atoms with Crippen LogP contribution in [0.1, 0.15) is 38.7 Å². The number of benzene rings is 2. The zero-order chi connectivity index (χ0) is 20.0. The Hall–Kier alpha value is -2.73. The summed E-state index contributed by atoms with van der Waals surface area (Å²) in [6.45, 7) is 5.84. The number of carbonyl (C=O) groups is 2. The molecule has 0 aromatic heterocycles. The van der Waals surface area contributed by atoms with E-state index in [9.17, 15) is 14.7 Å². The van der Waals surface area contributed by atoms with Crippen LogP contribution in [0.4, 0.5) is 5.69 Å². The average Bonchev–Trinajstić information content (AvgIpc) is 2.58. The van der Waals surface area contributed by atoms with Crippen molar-refractivity contribution in [2.75, 3.05) is 11.9 Å². The number of hydrogen-bond acceptors (Lipinski definition) is 5. The Morgan fingerprint density at radius 3 is 2.56 bits per heavy atom. The molecule has 0 aliphatic rings. The molecule has 7 heteroatoms. The van der Waals surface area contributed by atoms with Crippen LogP contribution in [-0.4, -0.2) is 23.6 Å². The van der Waals surface area contributed by atoms with Crippen LogP contribution in [-0.2, 0) is 14.3 Å². The summed E-state index contributed by atoms with van der Waals surface area (Å²) in [5.41, 5.74) is 1.21. The number of hydrogen-bond donors (Lipinski definition) is 2. The molecule has 0 unspecified atom stereocenters. The minimum Gasteiger partial charge on any atom is -0.508 e. The number of phenolic OH excluding ortho intramolecular Hbond substituents is 1. The van der Waals surface area contributed by atoms with E-state index in [4.69, 9.17) is 21.1 Å². The van der Waals surface area contributed by atoms with Gasteiger partial charge in [-0.15, -0.1) is 0 Å². The van der Waals surface area contributed by atoms with Gasteiger partial charge >= 0.3 is 5.97 Å². The van der Waals surface area contributed by atoms with Gasteiger partial charge in [0.15, 0.2) is 0 Å². The third kappa shape index (κ3) is 5.89. The molecule has 0 saturated carbocycles. The molecule has 2 aromatic rings. The average molecular weight is 392 g/mol. The lowest BCUT2D eigenvalue weighted by atomic mass is 10.0. The molecular formula is C20H22ClNO5.